The van der Waals surface area contributed by atoms with Crippen LogP contribution < -0.4 is 11.5 Å². The fourth-order valence-corrected chi connectivity index (χ4v) is 3.57. The maximum absolute atomic E-state index is 11.7. The molecule has 0 fully saturated rings. The standard InChI is InChI=1S/C16H18N2O2S/c1-4-18-12-6-5-11(8-13(12)20-16(18)19)15(17)14-7-9(2)10(3)21-14/h5-8,15H,4,17H2,1-3H3. The lowest BCUT2D eigenvalue weighted by Crippen LogP contribution is -2.12. The number of fused-ring (bicyclic) bond motifs is 1. The summed E-state index contributed by atoms with van der Waals surface area (Å²) < 4.78 is 6.92. The Hall–Kier alpha value is -1.85. The van der Waals surface area contributed by atoms with Crippen LogP contribution in [0.4, 0.5) is 0 Å². The quantitative estimate of drug-likeness (QED) is 0.807. The van der Waals surface area contributed by atoms with Crippen molar-refractivity contribution in [2.75, 3.05) is 0 Å². The van der Waals surface area contributed by atoms with Crippen LogP contribution in [0.15, 0.2) is 33.5 Å². The second-order valence-corrected chi connectivity index (χ2v) is 6.49. The second kappa shape index (κ2) is 5.16. The van der Waals surface area contributed by atoms with Gasteiger partial charge in [-0.2, -0.15) is 0 Å². The zero-order valence-corrected chi connectivity index (χ0v) is 13.2. The number of benzene rings is 1. The van der Waals surface area contributed by atoms with E-state index in [0.29, 0.717) is 12.1 Å². The first-order chi connectivity index (χ1) is 10.0. The zero-order chi connectivity index (χ0) is 15.1. The maximum atomic E-state index is 11.7. The van der Waals surface area contributed by atoms with E-state index >= 15 is 0 Å². The van der Waals surface area contributed by atoms with E-state index in [-0.39, 0.29) is 11.8 Å². The van der Waals surface area contributed by atoms with Gasteiger partial charge in [-0.25, -0.2) is 4.79 Å². The van der Waals surface area contributed by atoms with Gasteiger partial charge in [-0.3, -0.25) is 4.57 Å². The summed E-state index contributed by atoms with van der Waals surface area (Å²) in [5.41, 5.74) is 9.98. The molecule has 2 heterocycles. The first kappa shape index (κ1) is 14.1. The van der Waals surface area contributed by atoms with Crippen LogP contribution in [0.2, 0.25) is 0 Å². The van der Waals surface area contributed by atoms with Crippen molar-refractivity contribution in [2.24, 2.45) is 5.73 Å². The molecule has 0 aliphatic carbocycles. The van der Waals surface area contributed by atoms with Crippen LogP contribution >= 0.6 is 11.3 Å². The van der Waals surface area contributed by atoms with E-state index in [0.717, 1.165) is 16.0 Å². The molecule has 4 nitrogen and oxygen atoms in total. The third-order valence-electron chi connectivity index (χ3n) is 3.86. The molecule has 2 aromatic heterocycles. The Kier molecular flexibility index (Phi) is 3.47. The van der Waals surface area contributed by atoms with Gasteiger partial charge in [-0.15, -0.1) is 11.3 Å². The van der Waals surface area contributed by atoms with Crippen molar-refractivity contribution in [3.8, 4) is 0 Å². The number of thiophene rings is 1. The summed E-state index contributed by atoms with van der Waals surface area (Å²) in [5.74, 6) is -0.318. The van der Waals surface area contributed by atoms with Crippen LogP contribution in [0.25, 0.3) is 11.1 Å². The van der Waals surface area contributed by atoms with Crippen molar-refractivity contribution < 1.29 is 4.42 Å². The second-order valence-electron chi connectivity index (χ2n) is 5.21. The van der Waals surface area contributed by atoms with E-state index < -0.39 is 0 Å². The molecule has 110 valence electrons. The molecular formula is C16H18N2O2S. The summed E-state index contributed by atoms with van der Waals surface area (Å²) in [6.07, 6.45) is 0. The number of rotatable bonds is 3. The summed E-state index contributed by atoms with van der Waals surface area (Å²) in [6, 6.07) is 7.69. The zero-order valence-electron chi connectivity index (χ0n) is 12.3. The molecule has 5 heteroatoms. The number of nitrogens with zero attached hydrogens (tertiary/aromatic N) is 1. The molecule has 0 aliphatic heterocycles. The molecule has 2 N–H and O–H groups in total. The van der Waals surface area contributed by atoms with Crippen LogP contribution in [0, 0.1) is 13.8 Å². The lowest BCUT2D eigenvalue weighted by atomic mass is 10.1. The summed E-state index contributed by atoms with van der Waals surface area (Å²) in [6.45, 7) is 6.71. The van der Waals surface area contributed by atoms with E-state index in [1.54, 1.807) is 15.9 Å². The maximum Gasteiger partial charge on any atom is 0.419 e. The molecule has 3 aromatic rings. The van der Waals surface area contributed by atoms with Crippen LogP contribution in [0.1, 0.15) is 33.8 Å². The normalized spacial score (nSPS) is 13.0. The highest BCUT2D eigenvalue weighted by molar-refractivity contribution is 7.12. The highest BCUT2D eigenvalue weighted by atomic mass is 32.1. The summed E-state index contributed by atoms with van der Waals surface area (Å²) in [5, 5.41) is 0. The summed E-state index contributed by atoms with van der Waals surface area (Å²) in [4.78, 5) is 14.1. The molecule has 0 bridgehead atoms. The van der Waals surface area contributed by atoms with Gasteiger partial charge in [0, 0.05) is 16.3 Å². The highest BCUT2D eigenvalue weighted by Gasteiger charge is 2.15. The Morgan fingerprint density at radius 1 is 1.33 bits per heavy atom. The fraction of sp³-hybridized carbons (Fsp3) is 0.312. The topological polar surface area (TPSA) is 61.2 Å². The first-order valence-electron chi connectivity index (χ1n) is 6.97. The average molecular weight is 302 g/mol. The molecule has 0 amide bonds. The number of oxazole rings is 1. The molecule has 0 saturated carbocycles. The number of hydrogen-bond acceptors (Lipinski definition) is 4. The van der Waals surface area contributed by atoms with Gasteiger partial charge in [0.05, 0.1) is 11.6 Å². The van der Waals surface area contributed by atoms with E-state index in [2.05, 4.69) is 19.9 Å². The number of hydrogen-bond donors (Lipinski definition) is 1. The monoisotopic (exact) mass is 302 g/mol. The van der Waals surface area contributed by atoms with Crippen LogP contribution in [0.5, 0.6) is 0 Å². The molecule has 0 aliphatic rings. The summed E-state index contributed by atoms with van der Waals surface area (Å²) >= 11 is 1.71. The molecule has 1 atom stereocenters. The van der Waals surface area contributed by atoms with Crippen molar-refractivity contribution in [1.82, 2.24) is 4.57 Å². The summed E-state index contributed by atoms with van der Waals surface area (Å²) in [7, 11) is 0. The van der Waals surface area contributed by atoms with Gasteiger partial charge in [0.1, 0.15) is 0 Å². The van der Waals surface area contributed by atoms with Gasteiger partial charge < -0.3 is 10.2 Å². The lowest BCUT2D eigenvalue weighted by Gasteiger charge is -2.09. The molecular weight excluding hydrogens is 284 g/mol. The minimum Gasteiger partial charge on any atom is -0.408 e. The molecule has 0 radical (unpaired) electrons. The third kappa shape index (κ3) is 2.32. The van der Waals surface area contributed by atoms with Crippen LogP contribution in [-0.2, 0) is 6.54 Å². The van der Waals surface area contributed by atoms with Gasteiger partial charge in [0.25, 0.3) is 0 Å². The first-order valence-corrected chi connectivity index (χ1v) is 7.78. The fourth-order valence-electron chi connectivity index (χ4n) is 2.50. The molecule has 0 spiro atoms. The Morgan fingerprint density at radius 3 is 2.71 bits per heavy atom. The molecule has 21 heavy (non-hydrogen) atoms. The van der Waals surface area contributed by atoms with Crippen molar-refractivity contribution in [3.05, 3.63) is 55.7 Å². The molecule has 0 saturated heterocycles. The van der Waals surface area contributed by atoms with Gasteiger partial charge in [-0.1, -0.05) is 6.07 Å². The number of nitrogens with two attached hydrogens (primary N) is 1. The van der Waals surface area contributed by atoms with Crippen molar-refractivity contribution in [1.29, 1.82) is 0 Å². The Morgan fingerprint density at radius 2 is 2.10 bits per heavy atom. The minimum atomic E-state index is -0.318. The smallest absolute Gasteiger partial charge is 0.408 e. The van der Waals surface area contributed by atoms with Gasteiger partial charge in [0.2, 0.25) is 0 Å². The Labute approximate surface area is 126 Å². The Bertz CT molecular complexity index is 837. The van der Waals surface area contributed by atoms with E-state index in [4.69, 9.17) is 10.2 Å². The van der Waals surface area contributed by atoms with Gasteiger partial charge >= 0.3 is 5.76 Å². The molecule has 3 rings (SSSR count). The van der Waals surface area contributed by atoms with Crippen LogP contribution in [-0.4, -0.2) is 4.57 Å². The third-order valence-corrected chi connectivity index (χ3v) is 5.09. The largest absolute Gasteiger partial charge is 0.419 e. The van der Waals surface area contributed by atoms with Crippen molar-refractivity contribution >= 4 is 22.4 Å². The number of aryl methyl sites for hydroxylation is 3. The average Bonchev–Trinajstić information content (AvgIpc) is 2.96. The van der Waals surface area contributed by atoms with E-state index in [1.807, 2.05) is 25.1 Å². The Balaban J connectivity index is 2.06. The highest BCUT2D eigenvalue weighted by Crippen LogP contribution is 2.30. The predicted octanol–water partition coefficient (Wildman–Crippen LogP) is 3.34. The van der Waals surface area contributed by atoms with E-state index in [9.17, 15) is 4.79 Å². The van der Waals surface area contributed by atoms with Gasteiger partial charge in [0.15, 0.2) is 5.58 Å². The van der Waals surface area contributed by atoms with Gasteiger partial charge in [-0.05, 0) is 50.1 Å². The predicted molar refractivity (Wildman–Crippen MR) is 86.0 cm³/mol. The SMILES string of the molecule is CCn1c(=O)oc2cc(C(N)c3cc(C)c(C)s3)ccc21. The van der Waals surface area contributed by atoms with Crippen LogP contribution in [0.3, 0.4) is 0 Å². The number of aromatic nitrogens is 1. The van der Waals surface area contributed by atoms with Crippen molar-refractivity contribution in [3.63, 3.8) is 0 Å². The van der Waals surface area contributed by atoms with Crippen molar-refractivity contribution in [2.45, 2.75) is 33.4 Å². The molecule has 1 aromatic carbocycles. The minimum absolute atomic E-state index is 0.193. The molecule has 1 unspecified atom stereocenters. The lowest BCUT2D eigenvalue weighted by molar-refractivity contribution is 0.513. The van der Waals surface area contributed by atoms with E-state index in [1.165, 1.54) is 10.4 Å².